The number of thiophene rings is 1. The van der Waals surface area contributed by atoms with Gasteiger partial charge >= 0.3 is 0 Å². The first-order valence-corrected chi connectivity index (χ1v) is 11.1. The molecule has 0 aliphatic carbocycles. The first-order chi connectivity index (χ1) is 12.0. The molecule has 0 amide bonds. The van der Waals surface area contributed by atoms with Crippen LogP contribution < -0.4 is 9.80 Å². The molecule has 2 aliphatic rings. The fraction of sp³-hybridized carbons (Fsp3) is 0.667. The third kappa shape index (κ3) is 3.27. The van der Waals surface area contributed by atoms with Crippen LogP contribution in [0.2, 0.25) is 0 Å². The van der Waals surface area contributed by atoms with Crippen LogP contribution in [0.25, 0.3) is 10.2 Å². The van der Waals surface area contributed by atoms with E-state index in [0.29, 0.717) is 6.61 Å². The number of rotatable bonds is 3. The number of likely N-dealkylation sites (N-methyl/N-ethyl adjacent to an activating group) is 1. The average Bonchev–Trinajstić information content (AvgIpc) is 2.97. The molecule has 4 heterocycles. The van der Waals surface area contributed by atoms with Crippen LogP contribution in [0.3, 0.4) is 0 Å². The van der Waals surface area contributed by atoms with Gasteiger partial charge in [0.15, 0.2) is 5.16 Å². The molecule has 0 bridgehead atoms. The molecule has 0 aromatic carbocycles. The van der Waals surface area contributed by atoms with E-state index in [1.165, 1.54) is 35.5 Å². The van der Waals surface area contributed by atoms with Crippen LogP contribution in [0.15, 0.2) is 5.16 Å². The Hall–Kier alpha value is -0.890. The highest BCUT2D eigenvalue weighted by Crippen LogP contribution is 2.42. The van der Waals surface area contributed by atoms with Crippen molar-refractivity contribution in [3.05, 3.63) is 10.4 Å². The second-order valence-corrected chi connectivity index (χ2v) is 9.39. The van der Waals surface area contributed by atoms with Crippen LogP contribution >= 0.6 is 23.1 Å². The van der Waals surface area contributed by atoms with E-state index in [1.54, 1.807) is 28.0 Å². The minimum atomic E-state index is -0.110. The molecule has 2 aromatic rings. The maximum atomic E-state index is 6.03. The van der Waals surface area contributed by atoms with Gasteiger partial charge in [-0.15, -0.1) is 11.3 Å². The van der Waals surface area contributed by atoms with Gasteiger partial charge in [-0.05, 0) is 32.6 Å². The summed E-state index contributed by atoms with van der Waals surface area (Å²) in [5, 5.41) is 2.17. The largest absolute Gasteiger partial charge is 0.370 e. The summed E-state index contributed by atoms with van der Waals surface area (Å²) >= 11 is 3.43. The number of aromatic nitrogens is 2. The minimum absolute atomic E-state index is 0.110. The number of hydrogen-bond donors (Lipinski definition) is 1. The first-order valence-electron chi connectivity index (χ1n) is 9.09. The third-order valence-corrected chi connectivity index (χ3v) is 6.99. The van der Waals surface area contributed by atoms with Crippen molar-refractivity contribution in [1.82, 2.24) is 9.97 Å². The van der Waals surface area contributed by atoms with Gasteiger partial charge in [0.2, 0.25) is 0 Å². The van der Waals surface area contributed by atoms with Gasteiger partial charge in [-0.25, -0.2) is 9.97 Å². The Balaban J connectivity index is 1.80. The maximum Gasteiger partial charge on any atom is 0.190 e. The quantitative estimate of drug-likeness (QED) is 0.653. The predicted molar refractivity (Wildman–Crippen MR) is 105 cm³/mol. The lowest BCUT2D eigenvalue weighted by atomic mass is 9.94. The number of nitrogens with one attached hydrogen (secondary N) is 1. The highest BCUT2D eigenvalue weighted by atomic mass is 32.2. The zero-order chi connectivity index (χ0) is 17.6. The molecule has 2 aromatic heterocycles. The molecule has 0 unspecified atom stereocenters. The van der Waals surface area contributed by atoms with Crippen molar-refractivity contribution in [1.29, 1.82) is 0 Å². The highest BCUT2D eigenvalue weighted by molar-refractivity contribution is 7.98. The number of ether oxygens (including phenoxy) is 1. The highest BCUT2D eigenvalue weighted by Gasteiger charge is 2.32. The van der Waals surface area contributed by atoms with Crippen molar-refractivity contribution in [2.45, 2.75) is 44.6 Å². The Morgan fingerprint density at radius 2 is 2.04 bits per heavy atom. The molecule has 0 spiro atoms. The van der Waals surface area contributed by atoms with Crippen molar-refractivity contribution in [2.75, 3.05) is 43.9 Å². The Morgan fingerprint density at radius 1 is 1.28 bits per heavy atom. The van der Waals surface area contributed by atoms with Crippen LogP contribution in [-0.2, 0) is 17.8 Å². The minimum Gasteiger partial charge on any atom is -0.370 e. The lowest BCUT2D eigenvalue weighted by Crippen LogP contribution is -3.14. The monoisotopic (exact) mass is 379 g/mol. The SMILES string of the molecule is CC[NH+]1CCN(c2nc(SC)nc3sc4c(c23)CC(C)(C)OC4)CC1. The smallest absolute Gasteiger partial charge is 0.190 e. The van der Waals surface area contributed by atoms with E-state index in [1.807, 2.05) is 0 Å². The average molecular weight is 380 g/mol. The molecule has 0 atom stereocenters. The number of piperazine rings is 1. The number of quaternary nitrogens is 1. The molecule has 2 aliphatic heterocycles. The Kier molecular flexibility index (Phi) is 4.68. The molecule has 5 nitrogen and oxygen atoms in total. The van der Waals surface area contributed by atoms with Crippen molar-refractivity contribution in [3.63, 3.8) is 0 Å². The number of thioether (sulfide) groups is 1. The molecule has 4 rings (SSSR count). The van der Waals surface area contributed by atoms with Crippen molar-refractivity contribution < 1.29 is 9.64 Å². The maximum absolute atomic E-state index is 6.03. The molecule has 0 saturated carbocycles. The zero-order valence-corrected chi connectivity index (χ0v) is 17.1. The van der Waals surface area contributed by atoms with E-state index in [9.17, 15) is 0 Å². The van der Waals surface area contributed by atoms with Gasteiger partial charge in [0.1, 0.15) is 10.6 Å². The number of anilines is 1. The molecular formula is C18H27N4OS2+. The number of hydrogen-bond acceptors (Lipinski definition) is 6. The first kappa shape index (κ1) is 17.5. The summed E-state index contributed by atoms with van der Waals surface area (Å²) in [5.41, 5.74) is 1.31. The Bertz CT molecular complexity index is 781. The summed E-state index contributed by atoms with van der Waals surface area (Å²) in [6, 6.07) is 0. The normalized spacial score (nSPS) is 20.9. The fourth-order valence-corrected chi connectivity index (χ4v) is 5.33. The molecular weight excluding hydrogens is 352 g/mol. The number of nitrogens with zero attached hydrogens (tertiary/aromatic N) is 3. The number of fused-ring (bicyclic) bond motifs is 3. The summed E-state index contributed by atoms with van der Waals surface area (Å²) in [6.45, 7) is 13.1. The standard InChI is InChI=1S/C18H26N4OS2/c1-5-21-6-8-22(9-7-21)15-14-12-10-18(2,3)23-11-13(12)25-16(14)20-17(19-15)24-4/h5-11H2,1-4H3/p+1. The molecule has 1 N–H and O–H groups in total. The summed E-state index contributed by atoms with van der Waals surface area (Å²) in [6.07, 6.45) is 3.00. The van der Waals surface area contributed by atoms with E-state index < -0.39 is 0 Å². The topological polar surface area (TPSA) is 42.7 Å². The van der Waals surface area contributed by atoms with Crippen LogP contribution in [0.1, 0.15) is 31.2 Å². The Morgan fingerprint density at radius 3 is 2.72 bits per heavy atom. The zero-order valence-electron chi connectivity index (χ0n) is 15.5. The van der Waals surface area contributed by atoms with Crippen molar-refractivity contribution in [3.8, 4) is 0 Å². The van der Waals surface area contributed by atoms with Crippen LogP contribution in [0.5, 0.6) is 0 Å². The summed E-state index contributed by atoms with van der Waals surface area (Å²) in [7, 11) is 0. The molecule has 1 saturated heterocycles. The van der Waals surface area contributed by atoms with Gasteiger partial charge in [0.25, 0.3) is 0 Å². The second kappa shape index (κ2) is 6.68. The Labute approximate surface area is 157 Å². The summed E-state index contributed by atoms with van der Waals surface area (Å²) in [4.78, 5) is 16.4. The van der Waals surface area contributed by atoms with E-state index >= 15 is 0 Å². The van der Waals surface area contributed by atoms with Gasteiger partial charge in [-0.2, -0.15) is 0 Å². The van der Waals surface area contributed by atoms with E-state index in [4.69, 9.17) is 14.7 Å². The van der Waals surface area contributed by atoms with Gasteiger partial charge in [0.05, 0.1) is 50.3 Å². The van der Waals surface area contributed by atoms with Gasteiger partial charge in [-0.1, -0.05) is 11.8 Å². The predicted octanol–water partition coefficient (Wildman–Crippen LogP) is 1.99. The molecule has 25 heavy (non-hydrogen) atoms. The molecule has 0 radical (unpaired) electrons. The van der Waals surface area contributed by atoms with Gasteiger partial charge in [-0.3, -0.25) is 0 Å². The van der Waals surface area contributed by atoms with Gasteiger partial charge < -0.3 is 14.5 Å². The molecule has 136 valence electrons. The summed E-state index contributed by atoms with van der Waals surface area (Å²) in [5.74, 6) is 1.15. The fourth-order valence-electron chi connectivity index (χ4n) is 3.82. The lowest BCUT2D eigenvalue weighted by molar-refractivity contribution is -0.898. The molecule has 7 heteroatoms. The van der Waals surface area contributed by atoms with Gasteiger partial charge in [0, 0.05) is 11.3 Å². The lowest BCUT2D eigenvalue weighted by Gasteiger charge is -2.34. The third-order valence-electron chi connectivity index (χ3n) is 5.34. The van der Waals surface area contributed by atoms with Crippen LogP contribution in [-0.4, -0.2) is 54.5 Å². The second-order valence-electron chi connectivity index (χ2n) is 7.53. The van der Waals surface area contributed by atoms with E-state index in [0.717, 1.165) is 35.3 Å². The van der Waals surface area contributed by atoms with E-state index in [2.05, 4.69) is 31.9 Å². The summed E-state index contributed by atoms with van der Waals surface area (Å²) < 4.78 is 6.03. The van der Waals surface area contributed by atoms with E-state index in [-0.39, 0.29) is 5.60 Å². The van der Waals surface area contributed by atoms with Crippen molar-refractivity contribution >= 4 is 39.1 Å². The van der Waals surface area contributed by atoms with Crippen molar-refractivity contribution in [2.24, 2.45) is 0 Å². The molecule has 1 fully saturated rings. The van der Waals surface area contributed by atoms with Crippen LogP contribution in [0, 0.1) is 0 Å². The van der Waals surface area contributed by atoms with Crippen LogP contribution in [0.4, 0.5) is 5.82 Å².